The molecule has 0 amide bonds. The van der Waals surface area contributed by atoms with E-state index in [-0.39, 0.29) is 18.5 Å². The zero-order valence-electron chi connectivity index (χ0n) is 9.05. The van der Waals surface area contributed by atoms with Crippen LogP contribution in [0.15, 0.2) is 21.4 Å². The van der Waals surface area contributed by atoms with Crippen molar-refractivity contribution >= 4 is 23.1 Å². The monoisotopic (exact) mass is 241 g/mol. The van der Waals surface area contributed by atoms with Gasteiger partial charge in [-0.3, -0.25) is 5.01 Å². The fraction of sp³-hybridized carbons (Fsp3) is 0.600. The number of rotatable bonds is 1. The van der Waals surface area contributed by atoms with E-state index in [9.17, 15) is 0 Å². The van der Waals surface area contributed by atoms with Gasteiger partial charge in [-0.1, -0.05) is 11.6 Å². The largest absolute Gasteiger partial charge is 0.323 e. The van der Waals surface area contributed by atoms with Crippen LogP contribution in [-0.2, 0) is 9.47 Å². The molecule has 3 rings (SSSR count). The number of fused-ring (bicyclic) bond motifs is 1. The molecule has 0 bridgehead atoms. The molecular formula is C10H12ClN3O2. The highest BCUT2D eigenvalue weighted by molar-refractivity contribution is 6.70. The normalized spacial score (nSPS) is 37.3. The molecule has 1 saturated heterocycles. The first-order chi connectivity index (χ1) is 7.66. The molecule has 0 radical (unpaired) electrons. The molecule has 0 spiro atoms. The fourth-order valence-electron chi connectivity index (χ4n) is 2.24. The van der Waals surface area contributed by atoms with Crippen molar-refractivity contribution in [1.29, 1.82) is 0 Å². The zero-order chi connectivity index (χ0) is 11.3. The summed E-state index contributed by atoms with van der Waals surface area (Å²) < 4.78 is 11.0. The molecule has 3 heterocycles. The topological polar surface area (TPSA) is 46.4 Å². The van der Waals surface area contributed by atoms with Crippen molar-refractivity contribution in [1.82, 2.24) is 5.01 Å². The Balaban J connectivity index is 1.86. The van der Waals surface area contributed by atoms with Crippen LogP contribution in [0.3, 0.4) is 0 Å². The summed E-state index contributed by atoms with van der Waals surface area (Å²) >= 11 is 6.05. The average molecular weight is 242 g/mol. The molecule has 0 aliphatic carbocycles. The standard InChI is InChI=1S/C10H12ClN3O2/c1-5-7(10-15-6(2)16-10)3-14-8(5)9(11)12-4-13-14/h4,6-7,10H,3H2,1-2H3. The van der Waals surface area contributed by atoms with E-state index in [1.54, 1.807) is 0 Å². The summed E-state index contributed by atoms with van der Waals surface area (Å²) in [5, 5.41) is 6.51. The van der Waals surface area contributed by atoms with E-state index in [1.807, 2.05) is 18.9 Å². The van der Waals surface area contributed by atoms with Gasteiger partial charge in [-0.15, -0.1) is 0 Å². The maximum atomic E-state index is 6.05. The lowest BCUT2D eigenvalue weighted by Crippen LogP contribution is -2.45. The van der Waals surface area contributed by atoms with Gasteiger partial charge in [0.1, 0.15) is 6.34 Å². The van der Waals surface area contributed by atoms with E-state index >= 15 is 0 Å². The third-order valence-corrected chi connectivity index (χ3v) is 3.37. The molecule has 3 aliphatic rings. The molecule has 1 fully saturated rings. The van der Waals surface area contributed by atoms with Crippen molar-refractivity contribution in [2.75, 3.05) is 6.54 Å². The van der Waals surface area contributed by atoms with Gasteiger partial charge >= 0.3 is 0 Å². The summed E-state index contributed by atoms with van der Waals surface area (Å²) in [5.74, 6) is 0.186. The maximum absolute atomic E-state index is 6.05. The SMILES string of the molecule is CC1=C2C(Cl)=NC=NN2CC1C1OC(C)O1. The van der Waals surface area contributed by atoms with Crippen molar-refractivity contribution in [3.8, 4) is 0 Å². The zero-order valence-corrected chi connectivity index (χ0v) is 9.81. The lowest BCUT2D eigenvalue weighted by atomic mass is 10.0. The van der Waals surface area contributed by atoms with Crippen molar-refractivity contribution in [3.05, 3.63) is 11.3 Å². The molecule has 0 saturated carbocycles. The van der Waals surface area contributed by atoms with E-state index in [2.05, 4.69) is 10.1 Å². The first-order valence-electron chi connectivity index (χ1n) is 5.22. The van der Waals surface area contributed by atoms with Crippen LogP contribution in [0.4, 0.5) is 0 Å². The predicted octanol–water partition coefficient (Wildman–Crippen LogP) is 1.51. The summed E-state index contributed by atoms with van der Waals surface area (Å²) in [6.07, 6.45) is 1.19. The first-order valence-corrected chi connectivity index (χ1v) is 5.60. The van der Waals surface area contributed by atoms with E-state index in [0.717, 1.165) is 17.8 Å². The molecule has 16 heavy (non-hydrogen) atoms. The molecule has 1 unspecified atom stereocenters. The first kappa shape index (κ1) is 10.3. The molecule has 6 heteroatoms. The molecule has 3 aliphatic heterocycles. The Kier molecular flexibility index (Phi) is 2.27. The molecule has 5 nitrogen and oxygen atoms in total. The fourth-order valence-corrected chi connectivity index (χ4v) is 2.53. The van der Waals surface area contributed by atoms with Crippen molar-refractivity contribution in [3.63, 3.8) is 0 Å². The number of halogens is 1. The van der Waals surface area contributed by atoms with Gasteiger partial charge in [-0.25, -0.2) is 4.99 Å². The third-order valence-electron chi connectivity index (χ3n) is 3.10. The maximum Gasteiger partial charge on any atom is 0.172 e. The Morgan fingerprint density at radius 3 is 2.88 bits per heavy atom. The van der Waals surface area contributed by atoms with Gasteiger partial charge in [-0.05, 0) is 19.4 Å². The van der Waals surface area contributed by atoms with Crippen molar-refractivity contribution in [2.24, 2.45) is 16.0 Å². The minimum absolute atomic E-state index is 0.104. The van der Waals surface area contributed by atoms with Gasteiger partial charge in [0.2, 0.25) is 0 Å². The summed E-state index contributed by atoms with van der Waals surface area (Å²) in [7, 11) is 0. The van der Waals surface area contributed by atoms with Crippen molar-refractivity contribution < 1.29 is 9.47 Å². The number of aliphatic imine (C=N–C) groups is 1. The van der Waals surface area contributed by atoms with Crippen LogP contribution in [0.5, 0.6) is 0 Å². The molecule has 86 valence electrons. The van der Waals surface area contributed by atoms with Crippen LogP contribution in [0, 0.1) is 5.92 Å². The quantitative estimate of drug-likeness (QED) is 0.699. The highest BCUT2D eigenvalue weighted by atomic mass is 35.5. The number of hydrazone groups is 1. The Morgan fingerprint density at radius 2 is 2.25 bits per heavy atom. The van der Waals surface area contributed by atoms with Gasteiger partial charge in [0, 0.05) is 0 Å². The summed E-state index contributed by atoms with van der Waals surface area (Å²) in [5.41, 5.74) is 2.02. The van der Waals surface area contributed by atoms with Crippen LogP contribution < -0.4 is 0 Å². The van der Waals surface area contributed by atoms with Crippen LogP contribution in [0.25, 0.3) is 0 Å². The highest BCUT2D eigenvalue weighted by Crippen LogP contribution is 2.38. The summed E-state index contributed by atoms with van der Waals surface area (Å²) in [6, 6.07) is 0. The van der Waals surface area contributed by atoms with E-state index in [4.69, 9.17) is 21.1 Å². The van der Waals surface area contributed by atoms with Crippen LogP contribution in [-0.4, -0.2) is 35.6 Å². The molecule has 0 aromatic heterocycles. The lowest BCUT2D eigenvalue weighted by molar-refractivity contribution is -0.388. The van der Waals surface area contributed by atoms with E-state index < -0.39 is 0 Å². The summed E-state index contributed by atoms with van der Waals surface area (Å²) in [4.78, 5) is 3.98. The van der Waals surface area contributed by atoms with Gasteiger partial charge in [0.15, 0.2) is 17.8 Å². The van der Waals surface area contributed by atoms with Gasteiger partial charge < -0.3 is 9.47 Å². The minimum atomic E-state index is -0.173. The Morgan fingerprint density at radius 1 is 1.50 bits per heavy atom. The molecule has 1 atom stereocenters. The number of nitrogens with zero attached hydrogens (tertiary/aromatic N) is 3. The number of allylic oxidation sites excluding steroid dienone is 1. The second-order valence-electron chi connectivity index (χ2n) is 4.08. The molecule has 0 aromatic rings. The third kappa shape index (κ3) is 1.39. The van der Waals surface area contributed by atoms with Gasteiger partial charge in [0.25, 0.3) is 0 Å². The Bertz CT molecular complexity index is 412. The van der Waals surface area contributed by atoms with Crippen molar-refractivity contribution in [2.45, 2.75) is 26.4 Å². The average Bonchev–Trinajstić information content (AvgIpc) is 2.53. The Labute approximate surface area is 98.4 Å². The Hall–Kier alpha value is -0.910. The van der Waals surface area contributed by atoms with E-state index in [0.29, 0.717) is 5.17 Å². The number of hydrogen-bond donors (Lipinski definition) is 0. The molecule has 0 N–H and O–H groups in total. The lowest BCUT2D eigenvalue weighted by Gasteiger charge is -2.37. The highest BCUT2D eigenvalue weighted by Gasteiger charge is 2.43. The number of ether oxygens (including phenoxy) is 2. The molecule has 0 aromatic carbocycles. The van der Waals surface area contributed by atoms with Gasteiger partial charge in [-0.2, -0.15) is 5.10 Å². The predicted molar refractivity (Wildman–Crippen MR) is 60.1 cm³/mol. The van der Waals surface area contributed by atoms with Gasteiger partial charge in [0.05, 0.1) is 18.2 Å². The van der Waals surface area contributed by atoms with Crippen LogP contribution >= 0.6 is 11.6 Å². The van der Waals surface area contributed by atoms with Crippen LogP contribution in [0.1, 0.15) is 13.8 Å². The summed E-state index contributed by atoms with van der Waals surface area (Å²) in [6.45, 7) is 4.64. The number of hydrogen-bond acceptors (Lipinski definition) is 5. The second kappa shape index (κ2) is 3.55. The van der Waals surface area contributed by atoms with E-state index in [1.165, 1.54) is 6.34 Å². The smallest absolute Gasteiger partial charge is 0.172 e. The molecular weight excluding hydrogens is 230 g/mol. The minimum Gasteiger partial charge on any atom is -0.323 e. The second-order valence-corrected chi connectivity index (χ2v) is 4.44. The van der Waals surface area contributed by atoms with Crippen LogP contribution in [0.2, 0.25) is 0 Å².